The summed E-state index contributed by atoms with van der Waals surface area (Å²) in [5, 5.41) is 3.08. The monoisotopic (exact) mass is 248 g/mol. The normalized spacial score (nSPS) is 12.4. The molecule has 4 heteroatoms. The van der Waals surface area contributed by atoms with Crippen LogP contribution in [-0.4, -0.2) is 12.0 Å². The number of likely N-dealkylation sites (N-methyl/N-ethyl adjacent to an activating group) is 1. The van der Waals surface area contributed by atoms with Crippen molar-refractivity contribution in [3.05, 3.63) is 65.5 Å². The molecular weight excluding hydrogens is 234 g/mol. The molecule has 1 atom stereocenters. The lowest BCUT2D eigenvalue weighted by Crippen LogP contribution is -2.19. The van der Waals surface area contributed by atoms with Crippen LogP contribution in [0, 0.1) is 11.6 Å². The van der Waals surface area contributed by atoms with Crippen molar-refractivity contribution in [2.24, 2.45) is 0 Å². The fourth-order valence-electron chi connectivity index (χ4n) is 1.84. The summed E-state index contributed by atoms with van der Waals surface area (Å²) in [5.41, 5.74) is 1.61. The Hall–Kier alpha value is -1.81. The molecule has 94 valence electrons. The van der Waals surface area contributed by atoms with Gasteiger partial charge in [0.2, 0.25) is 0 Å². The van der Waals surface area contributed by atoms with E-state index in [9.17, 15) is 8.78 Å². The summed E-state index contributed by atoms with van der Waals surface area (Å²) >= 11 is 0. The number of halogens is 2. The number of hydrogen-bond acceptors (Lipinski definition) is 2. The van der Waals surface area contributed by atoms with Crippen LogP contribution < -0.4 is 5.32 Å². The summed E-state index contributed by atoms with van der Waals surface area (Å²) in [7, 11) is 1.79. The molecule has 1 aromatic carbocycles. The molecule has 0 fully saturated rings. The van der Waals surface area contributed by atoms with Gasteiger partial charge in [0.25, 0.3) is 0 Å². The second kappa shape index (κ2) is 5.69. The number of aromatic nitrogens is 1. The Morgan fingerprint density at radius 3 is 2.61 bits per heavy atom. The maximum Gasteiger partial charge on any atom is 0.159 e. The molecule has 0 amide bonds. The van der Waals surface area contributed by atoms with Crippen molar-refractivity contribution in [1.29, 1.82) is 0 Å². The maximum atomic E-state index is 13.2. The minimum atomic E-state index is -0.827. The standard InChI is InChI=1S/C14H14F2N2/c1-17-14(9-11-4-2-3-7-18-11)10-5-6-12(15)13(16)8-10/h2-8,14,17H,9H2,1H3. The first-order chi connectivity index (χ1) is 8.70. The van der Waals surface area contributed by atoms with Crippen molar-refractivity contribution in [3.8, 4) is 0 Å². The molecular formula is C14H14F2N2. The average Bonchev–Trinajstić information content (AvgIpc) is 2.40. The molecule has 2 aromatic rings. The fourth-order valence-corrected chi connectivity index (χ4v) is 1.84. The Morgan fingerprint density at radius 2 is 2.00 bits per heavy atom. The van der Waals surface area contributed by atoms with Crippen molar-refractivity contribution in [1.82, 2.24) is 10.3 Å². The van der Waals surface area contributed by atoms with Gasteiger partial charge in [-0.3, -0.25) is 4.98 Å². The van der Waals surface area contributed by atoms with E-state index in [0.717, 1.165) is 11.8 Å². The highest BCUT2D eigenvalue weighted by molar-refractivity contribution is 5.23. The molecule has 0 spiro atoms. The van der Waals surface area contributed by atoms with Gasteiger partial charge in [0.05, 0.1) is 0 Å². The highest BCUT2D eigenvalue weighted by atomic mass is 19.2. The Labute approximate surface area is 105 Å². The topological polar surface area (TPSA) is 24.9 Å². The molecule has 2 nitrogen and oxygen atoms in total. The number of pyridine rings is 1. The third-order valence-corrected chi connectivity index (χ3v) is 2.83. The quantitative estimate of drug-likeness (QED) is 0.900. The predicted octanol–water partition coefficient (Wildman–Crippen LogP) is 2.86. The lowest BCUT2D eigenvalue weighted by molar-refractivity contribution is 0.500. The van der Waals surface area contributed by atoms with E-state index >= 15 is 0 Å². The van der Waals surface area contributed by atoms with Crippen molar-refractivity contribution in [3.63, 3.8) is 0 Å². The third-order valence-electron chi connectivity index (χ3n) is 2.83. The molecule has 18 heavy (non-hydrogen) atoms. The van der Waals surface area contributed by atoms with Crippen molar-refractivity contribution >= 4 is 0 Å². The third kappa shape index (κ3) is 2.90. The first-order valence-corrected chi connectivity index (χ1v) is 5.73. The largest absolute Gasteiger partial charge is 0.313 e. The second-order valence-corrected chi connectivity index (χ2v) is 4.04. The molecule has 0 saturated carbocycles. The van der Waals surface area contributed by atoms with Gasteiger partial charge in [-0.15, -0.1) is 0 Å². The fraction of sp³-hybridized carbons (Fsp3) is 0.214. The lowest BCUT2D eigenvalue weighted by atomic mass is 10.0. The van der Waals surface area contributed by atoms with Crippen molar-refractivity contribution in [2.45, 2.75) is 12.5 Å². The van der Waals surface area contributed by atoms with Crippen LogP contribution in [0.2, 0.25) is 0 Å². The summed E-state index contributed by atoms with van der Waals surface area (Å²) in [6, 6.07) is 9.52. The van der Waals surface area contributed by atoms with Gasteiger partial charge in [0, 0.05) is 24.4 Å². The summed E-state index contributed by atoms with van der Waals surface area (Å²) in [5.74, 6) is -1.65. The molecule has 0 aliphatic heterocycles. The summed E-state index contributed by atoms with van der Waals surface area (Å²) in [6.45, 7) is 0. The SMILES string of the molecule is CNC(Cc1ccccn1)c1ccc(F)c(F)c1. The lowest BCUT2D eigenvalue weighted by Gasteiger charge is -2.16. The molecule has 0 bridgehead atoms. The van der Waals surface area contributed by atoms with E-state index in [1.807, 2.05) is 18.2 Å². The van der Waals surface area contributed by atoms with Crippen LogP contribution in [0.15, 0.2) is 42.6 Å². The van der Waals surface area contributed by atoms with E-state index in [1.165, 1.54) is 6.07 Å². The zero-order valence-electron chi connectivity index (χ0n) is 10.0. The van der Waals surface area contributed by atoms with Gasteiger partial charge in [-0.05, 0) is 36.9 Å². The van der Waals surface area contributed by atoms with Crippen LogP contribution in [0.1, 0.15) is 17.3 Å². The Morgan fingerprint density at radius 1 is 1.17 bits per heavy atom. The van der Waals surface area contributed by atoms with Gasteiger partial charge in [0.1, 0.15) is 0 Å². The number of nitrogens with one attached hydrogen (secondary N) is 1. The van der Waals surface area contributed by atoms with Gasteiger partial charge in [-0.25, -0.2) is 8.78 Å². The predicted molar refractivity (Wildman–Crippen MR) is 66.1 cm³/mol. The van der Waals surface area contributed by atoms with Gasteiger partial charge in [-0.1, -0.05) is 12.1 Å². The number of hydrogen-bond donors (Lipinski definition) is 1. The number of nitrogens with zero attached hydrogens (tertiary/aromatic N) is 1. The summed E-state index contributed by atoms with van der Waals surface area (Å²) in [4.78, 5) is 4.22. The van der Waals surface area contributed by atoms with Crippen LogP contribution in [-0.2, 0) is 6.42 Å². The van der Waals surface area contributed by atoms with Gasteiger partial charge >= 0.3 is 0 Å². The first-order valence-electron chi connectivity index (χ1n) is 5.73. The molecule has 0 aliphatic carbocycles. The van der Waals surface area contributed by atoms with Crippen LogP contribution in [0.25, 0.3) is 0 Å². The molecule has 2 rings (SSSR count). The summed E-state index contributed by atoms with van der Waals surface area (Å²) < 4.78 is 26.1. The van der Waals surface area contributed by atoms with E-state index in [2.05, 4.69) is 10.3 Å². The number of rotatable bonds is 4. The van der Waals surface area contributed by atoms with Gasteiger partial charge in [0.15, 0.2) is 11.6 Å². The smallest absolute Gasteiger partial charge is 0.159 e. The average molecular weight is 248 g/mol. The molecule has 0 radical (unpaired) electrons. The Kier molecular flexibility index (Phi) is 3.99. The zero-order valence-corrected chi connectivity index (χ0v) is 10.0. The molecule has 0 aliphatic rings. The zero-order chi connectivity index (χ0) is 13.0. The van der Waals surface area contributed by atoms with E-state index in [4.69, 9.17) is 0 Å². The maximum absolute atomic E-state index is 13.2. The minimum Gasteiger partial charge on any atom is -0.313 e. The second-order valence-electron chi connectivity index (χ2n) is 4.04. The summed E-state index contributed by atoms with van der Waals surface area (Å²) in [6.07, 6.45) is 2.34. The van der Waals surface area contributed by atoms with Crippen LogP contribution in [0.4, 0.5) is 8.78 Å². The van der Waals surface area contributed by atoms with Crippen molar-refractivity contribution < 1.29 is 8.78 Å². The highest BCUT2D eigenvalue weighted by Crippen LogP contribution is 2.19. The van der Waals surface area contributed by atoms with E-state index < -0.39 is 11.6 Å². The van der Waals surface area contributed by atoms with Crippen LogP contribution in [0.5, 0.6) is 0 Å². The van der Waals surface area contributed by atoms with E-state index in [1.54, 1.807) is 19.3 Å². The molecule has 1 N–H and O–H groups in total. The number of benzene rings is 1. The highest BCUT2D eigenvalue weighted by Gasteiger charge is 2.13. The van der Waals surface area contributed by atoms with Crippen LogP contribution in [0.3, 0.4) is 0 Å². The molecule has 1 heterocycles. The van der Waals surface area contributed by atoms with Crippen molar-refractivity contribution in [2.75, 3.05) is 7.05 Å². The van der Waals surface area contributed by atoms with Gasteiger partial charge < -0.3 is 5.32 Å². The first kappa shape index (κ1) is 12.6. The van der Waals surface area contributed by atoms with E-state index in [-0.39, 0.29) is 6.04 Å². The van der Waals surface area contributed by atoms with Gasteiger partial charge in [-0.2, -0.15) is 0 Å². The Balaban J connectivity index is 2.20. The van der Waals surface area contributed by atoms with E-state index in [0.29, 0.717) is 12.0 Å². The van der Waals surface area contributed by atoms with Crippen LogP contribution >= 0.6 is 0 Å². The molecule has 1 unspecified atom stereocenters. The molecule has 0 saturated heterocycles. The minimum absolute atomic E-state index is 0.0880. The molecule has 1 aromatic heterocycles. The Bertz CT molecular complexity index is 514.